The van der Waals surface area contributed by atoms with E-state index in [2.05, 4.69) is 34.7 Å². The normalized spacial score (nSPS) is 25.4. The molecule has 1 rings (SSSR count). The van der Waals surface area contributed by atoms with E-state index in [-0.39, 0.29) is 0 Å². The summed E-state index contributed by atoms with van der Waals surface area (Å²) in [4.78, 5) is 2.57. The highest BCUT2D eigenvalue weighted by atomic mass is 79.9. The van der Waals surface area contributed by atoms with Gasteiger partial charge in [0.2, 0.25) is 0 Å². The van der Waals surface area contributed by atoms with Crippen molar-refractivity contribution in [1.82, 2.24) is 4.90 Å². The van der Waals surface area contributed by atoms with Gasteiger partial charge >= 0.3 is 0 Å². The van der Waals surface area contributed by atoms with E-state index in [0.29, 0.717) is 6.10 Å². The molecule has 0 aromatic heterocycles. The second kappa shape index (κ2) is 7.64. The lowest BCUT2D eigenvalue weighted by molar-refractivity contribution is 0.00256. The first-order chi connectivity index (χ1) is 7.30. The van der Waals surface area contributed by atoms with Crippen LogP contribution in [0, 0.1) is 5.92 Å². The third-order valence-corrected chi connectivity index (χ3v) is 4.09. The zero-order valence-corrected chi connectivity index (χ0v) is 11.6. The van der Waals surface area contributed by atoms with Crippen LogP contribution in [-0.2, 0) is 4.74 Å². The fraction of sp³-hybridized carbons (Fsp3) is 1.00. The molecule has 0 aromatic carbocycles. The van der Waals surface area contributed by atoms with Crippen molar-refractivity contribution < 1.29 is 4.74 Å². The van der Waals surface area contributed by atoms with Gasteiger partial charge in [-0.05, 0) is 32.2 Å². The molecule has 2 unspecified atom stereocenters. The topological polar surface area (TPSA) is 12.5 Å². The van der Waals surface area contributed by atoms with Crippen LogP contribution >= 0.6 is 15.9 Å². The summed E-state index contributed by atoms with van der Waals surface area (Å²) in [5.74, 6) is 0.797. The molecule has 1 heterocycles. The lowest BCUT2D eigenvalue weighted by Gasteiger charge is -2.34. The van der Waals surface area contributed by atoms with Crippen LogP contribution in [0.3, 0.4) is 0 Å². The molecule has 1 saturated heterocycles. The Hall–Kier alpha value is 0.400. The van der Waals surface area contributed by atoms with Gasteiger partial charge in [0.15, 0.2) is 0 Å². The average Bonchev–Trinajstić information content (AvgIpc) is 2.27. The molecule has 0 aliphatic carbocycles. The summed E-state index contributed by atoms with van der Waals surface area (Å²) < 4.78 is 5.71. The minimum atomic E-state index is 0.483. The van der Waals surface area contributed by atoms with Crippen LogP contribution in [0.1, 0.15) is 33.1 Å². The van der Waals surface area contributed by atoms with E-state index in [1.54, 1.807) is 0 Å². The van der Waals surface area contributed by atoms with Crippen LogP contribution in [-0.4, -0.2) is 42.6 Å². The van der Waals surface area contributed by atoms with Crippen LogP contribution in [0.2, 0.25) is 0 Å². The first kappa shape index (κ1) is 13.5. The van der Waals surface area contributed by atoms with Crippen molar-refractivity contribution in [3.05, 3.63) is 0 Å². The Morgan fingerprint density at radius 3 is 2.87 bits per heavy atom. The maximum atomic E-state index is 5.71. The monoisotopic (exact) mass is 277 g/mol. The zero-order valence-electron chi connectivity index (χ0n) is 10.0. The molecule has 2 atom stereocenters. The fourth-order valence-corrected chi connectivity index (χ4v) is 2.87. The smallest absolute Gasteiger partial charge is 0.0702 e. The Morgan fingerprint density at radius 2 is 2.27 bits per heavy atom. The molecule has 0 N–H and O–H groups in total. The van der Waals surface area contributed by atoms with Gasteiger partial charge in [-0.15, -0.1) is 0 Å². The Morgan fingerprint density at radius 1 is 1.47 bits per heavy atom. The van der Waals surface area contributed by atoms with Gasteiger partial charge in [0.05, 0.1) is 6.10 Å². The SMILES string of the molecule is CCOC1CCCN(CC(CC)CBr)C1. The number of halogens is 1. The van der Waals surface area contributed by atoms with Gasteiger partial charge in [-0.2, -0.15) is 0 Å². The molecule has 0 radical (unpaired) electrons. The minimum Gasteiger partial charge on any atom is -0.377 e. The summed E-state index contributed by atoms with van der Waals surface area (Å²) >= 11 is 3.59. The highest BCUT2D eigenvalue weighted by Gasteiger charge is 2.21. The van der Waals surface area contributed by atoms with Crippen LogP contribution in [0.25, 0.3) is 0 Å². The van der Waals surface area contributed by atoms with Crippen LogP contribution in [0.5, 0.6) is 0 Å². The molecule has 0 aromatic rings. The predicted octanol–water partition coefficient (Wildman–Crippen LogP) is 2.91. The molecule has 15 heavy (non-hydrogen) atoms. The van der Waals surface area contributed by atoms with Crippen molar-refractivity contribution in [3.8, 4) is 0 Å². The number of piperidine rings is 1. The van der Waals surface area contributed by atoms with Gasteiger partial charge in [0, 0.05) is 25.0 Å². The highest BCUT2D eigenvalue weighted by molar-refractivity contribution is 9.09. The lowest BCUT2D eigenvalue weighted by Crippen LogP contribution is -2.42. The molecule has 1 fully saturated rings. The van der Waals surface area contributed by atoms with Crippen LogP contribution < -0.4 is 0 Å². The van der Waals surface area contributed by atoms with Gasteiger partial charge in [-0.25, -0.2) is 0 Å². The van der Waals surface area contributed by atoms with Crippen LogP contribution in [0.15, 0.2) is 0 Å². The molecule has 2 nitrogen and oxygen atoms in total. The second-order valence-corrected chi connectivity index (χ2v) is 5.06. The van der Waals surface area contributed by atoms with Gasteiger partial charge in [0.1, 0.15) is 0 Å². The van der Waals surface area contributed by atoms with E-state index in [0.717, 1.165) is 24.4 Å². The molecule has 0 bridgehead atoms. The number of ether oxygens (including phenoxy) is 1. The first-order valence-corrected chi connectivity index (χ1v) is 7.32. The van der Waals surface area contributed by atoms with E-state index >= 15 is 0 Å². The third kappa shape index (κ3) is 4.83. The summed E-state index contributed by atoms with van der Waals surface area (Å²) in [7, 11) is 0. The standard InChI is InChI=1S/C12H24BrNO/c1-3-11(8-13)9-14-7-5-6-12(10-14)15-4-2/h11-12H,3-10H2,1-2H3. The fourth-order valence-electron chi connectivity index (χ4n) is 2.20. The summed E-state index contributed by atoms with van der Waals surface area (Å²) in [6.45, 7) is 8.84. The average molecular weight is 278 g/mol. The Kier molecular flexibility index (Phi) is 6.86. The number of rotatable bonds is 6. The largest absolute Gasteiger partial charge is 0.377 e. The number of alkyl halides is 1. The number of hydrogen-bond acceptors (Lipinski definition) is 2. The first-order valence-electron chi connectivity index (χ1n) is 6.20. The van der Waals surface area contributed by atoms with E-state index in [4.69, 9.17) is 4.74 Å². The van der Waals surface area contributed by atoms with Gasteiger partial charge in [-0.1, -0.05) is 29.3 Å². The molecule has 1 aliphatic heterocycles. The number of likely N-dealkylation sites (tertiary alicyclic amines) is 1. The predicted molar refractivity (Wildman–Crippen MR) is 68.7 cm³/mol. The van der Waals surface area contributed by atoms with E-state index in [9.17, 15) is 0 Å². The molecule has 1 aliphatic rings. The summed E-state index contributed by atoms with van der Waals surface area (Å²) in [6.07, 6.45) is 4.29. The van der Waals surface area contributed by atoms with Crippen LogP contribution in [0.4, 0.5) is 0 Å². The number of hydrogen-bond donors (Lipinski definition) is 0. The van der Waals surface area contributed by atoms with Crippen molar-refractivity contribution in [1.29, 1.82) is 0 Å². The van der Waals surface area contributed by atoms with Crippen molar-refractivity contribution in [3.63, 3.8) is 0 Å². The highest BCUT2D eigenvalue weighted by Crippen LogP contribution is 2.16. The van der Waals surface area contributed by atoms with Crippen molar-refractivity contribution >= 4 is 15.9 Å². The van der Waals surface area contributed by atoms with Crippen molar-refractivity contribution in [2.24, 2.45) is 5.92 Å². The Labute approximate surface area is 102 Å². The Balaban J connectivity index is 2.28. The molecule has 90 valence electrons. The van der Waals surface area contributed by atoms with Crippen molar-refractivity contribution in [2.75, 3.05) is 31.6 Å². The molecule has 0 saturated carbocycles. The van der Waals surface area contributed by atoms with Crippen molar-refractivity contribution in [2.45, 2.75) is 39.2 Å². The lowest BCUT2D eigenvalue weighted by atomic mass is 10.0. The quantitative estimate of drug-likeness (QED) is 0.693. The summed E-state index contributed by atoms with van der Waals surface area (Å²) in [5.41, 5.74) is 0. The second-order valence-electron chi connectivity index (χ2n) is 4.41. The van der Waals surface area contributed by atoms with E-state index < -0.39 is 0 Å². The third-order valence-electron chi connectivity index (χ3n) is 3.18. The van der Waals surface area contributed by atoms with Gasteiger partial charge < -0.3 is 9.64 Å². The van der Waals surface area contributed by atoms with Gasteiger partial charge in [-0.3, -0.25) is 0 Å². The molecule has 0 amide bonds. The maximum Gasteiger partial charge on any atom is 0.0702 e. The molecule has 0 spiro atoms. The molecular formula is C12H24BrNO. The van der Waals surface area contributed by atoms with E-state index in [1.807, 2.05) is 0 Å². The molecular weight excluding hydrogens is 254 g/mol. The summed E-state index contributed by atoms with van der Waals surface area (Å²) in [5, 5.41) is 1.12. The number of nitrogens with zero attached hydrogens (tertiary/aromatic N) is 1. The Bertz CT molecular complexity index is 160. The summed E-state index contributed by atoms with van der Waals surface area (Å²) in [6, 6.07) is 0. The molecule has 3 heteroatoms. The van der Waals surface area contributed by atoms with Gasteiger partial charge in [0.25, 0.3) is 0 Å². The van der Waals surface area contributed by atoms with E-state index in [1.165, 1.54) is 32.4 Å². The minimum absolute atomic E-state index is 0.483. The zero-order chi connectivity index (χ0) is 11.1. The maximum absolute atomic E-state index is 5.71.